The molecule has 1 fully saturated rings. The molecular formula is C24H28Cl2N6O6S2. The topological polar surface area (TPSA) is 139 Å². The second-order valence-corrected chi connectivity index (χ2v) is 11.8. The number of H-pyrrole nitrogens is 1. The van der Waals surface area contributed by atoms with E-state index in [1.54, 1.807) is 33.0 Å². The van der Waals surface area contributed by atoms with Crippen LogP contribution in [0, 0.1) is 6.92 Å². The summed E-state index contributed by atoms with van der Waals surface area (Å²) >= 11 is 14.6. The van der Waals surface area contributed by atoms with Gasteiger partial charge in [-0.25, -0.2) is 19.6 Å². The predicted octanol–water partition coefficient (Wildman–Crippen LogP) is 3.87. The molecule has 216 valence electrons. The van der Waals surface area contributed by atoms with E-state index in [9.17, 15) is 14.4 Å². The van der Waals surface area contributed by atoms with Crippen LogP contribution in [-0.2, 0) is 14.2 Å². The number of hydrogen-bond donors (Lipinski definition) is 2. The maximum atomic E-state index is 12.9. The van der Waals surface area contributed by atoms with E-state index in [4.69, 9.17) is 42.4 Å². The molecule has 1 amide bonds. The Balaban J connectivity index is 1.62. The number of aromatic nitrogens is 3. The lowest BCUT2D eigenvalue weighted by Gasteiger charge is -2.37. The molecule has 1 aliphatic rings. The molecule has 0 aliphatic carbocycles. The number of anilines is 2. The number of carbonyl (C=O) groups is 3. The van der Waals surface area contributed by atoms with Crippen molar-refractivity contribution in [2.75, 3.05) is 58.3 Å². The highest BCUT2D eigenvalue weighted by Gasteiger charge is 2.35. The Bertz CT molecular complexity index is 1440. The number of methoxy groups -OCH3 is 3. The Labute approximate surface area is 248 Å². The Hall–Kier alpha value is -2.91. The van der Waals surface area contributed by atoms with Gasteiger partial charge >= 0.3 is 11.9 Å². The van der Waals surface area contributed by atoms with Gasteiger partial charge in [-0.1, -0.05) is 45.9 Å². The second kappa shape index (κ2) is 12.3. The summed E-state index contributed by atoms with van der Waals surface area (Å²) in [7, 11) is 7.71. The van der Waals surface area contributed by atoms with Gasteiger partial charge in [-0.3, -0.25) is 4.79 Å². The van der Waals surface area contributed by atoms with Gasteiger partial charge in [-0.15, -0.1) is 0 Å². The molecule has 0 saturated carbocycles. The van der Waals surface area contributed by atoms with Crippen molar-refractivity contribution < 1.29 is 28.6 Å². The van der Waals surface area contributed by atoms with E-state index in [1.165, 1.54) is 14.2 Å². The summed E-state index contributed by atoms with van der Waals surface area (Å²) < 4.78 is 15.7. The minimum atomic E-state index is -0.601. The molecule has 2 N–H and O–H groups in total. The lowest BCUT2D eigenvalue weighted by Crippen LogP contribution is -2.55. The first-order chi connectivity index (χ1) is 19.0. The number of piperidine rings is 1. The van der Waals surface area contributed by atoms with Crippen molar-refractivity contribution >= 4 is 74.0 Å². The first kappa shape index (κ1) is 30.1. The number of amides is 1. The van der Waals surface area contributed by atoms with Crippen molar-refractivity contribution in [1.82, 2.24) is 20.3 Å². The van der Waals surface area contributed by atoms with Gasteiger partial charge in [0.1, 0.15) is 26.8 Å². The molecule has 0 spiro atoms. The van der Waals surface area contributed by atoms with E-state index >= 15 is 0 Å². The number of thiazole rings is 2. The van der Waals surface area contributed by atoms with Crippen molar-refractivity contribution in [2.24, 2.45) is 0 Å². The molecule has 0 aromatic carbocycles. The fraction of sp³-hybridized carbons (Fsp3) is 0.458. The quantitative estimate of drug-likeness (QED) is 0.353. The third-order valence-electron chi connectivity index (χ3n) is 6.31. The Kier molecular flexibility index (Phi) is 9.25. The molecular weight excluding hydrogens is 603 g/mol. The van der Waals surface area contributed by atoms with Crippen LogP contribution in [0.4, 0.5) is 10.3 Å². The SMILES string of the molecule is COC(=O)c1sc(N(C)C)nc1-c1nc(N2CC[C@@H](NC(=O)c3[nH]c(C)c(Cl)c3Cl)[C@@H](OC)C2)sc1C(=O)OC. The third kappa shape index (κ3) is 5.77. The number of rotatable bonds is 8. The smallest absolute Gasteiger partial charge is 0.350 e. The largest absolute Gasteiger partial charge is 0.465 e. The van der Waals surface area contributed by atoms with Crippen molar-refractivity contribution in [3.63, 3.8) is 0 Å². The van der Waals surface area contributed by atoms with E-state index < -0.39 is 18.0 Å². The first-order valence-corrected chi connectivity index (χ1v) is 14.4. The van der Waals surface area contributed by atoms with Gasteiger partial charge in [0.15, 0.2) is 10.3 Å². The molecule has 3 aromatic heterocycles. The second-order valence-electron chi connectivity index (χ2n) is 9.07. The van der Waals surface area contributed by atoms with Crippen molar-refractivity contribution in [1.29, 1.82) is 0 Å². The summed E-state index contributed by atoms with van der Waals surface area (Å²) in [5, 5.41) is 4.52. The zero-order chi connectivity index (χ0) is 29.3. The van der Waals surface area contributed by atoms with E-state index in [2.05, 4.69) is 15.3 Å². The highest BCUT2D eigenvalue weighted by molar-refractivity contribution is 7.19. The van der Waals surface area contributed by atoms with Gasteiger partial charge in [-0.05, 0) is 13.3 Å². The molecule has 3 aromatic rings. The normalized spacial score (nSPS) is 17.1. The van der Waals surface area contributed by atoms with Crippen molar-refractivity contribution in [3.05, 3.63) is 31.2 Å². The molecule has 40 heavy (non-hydrogen) atoms. The third-order valence-corrected chi connectivity index (χ3v) is 9.56. The molecule has 16 heteroatoms. The highest BCUT2D eigenvalue weighted by Crippen LogP contribution is 2.39. The fourth-order valence-corrected chi connectivity index (χ4v) is 6.53. The van der Waals surface area contributed by atoms with Crippen LogP contribution in [-0.4, -0.2) is 93.5 Å². The average Bonchev–Trinajstić information content (AvgIpc) is 3.65. The number of nitrogens with zero attached hydrogens (tertiary/aromatic N) is 4. The number of carbonyl (C=O) groups excluding carboxylic acids is 3. The molecule has 1 aliphatic heterocycles. The summed E-state index contributed by atoms with van der Waals surface area (Å²) in [6, 6.07) is -0.321. The van der Waals surface area contributed by atoms with Gasteiger partial charge in [0.05, 0.1) is 36.4 Å². The highest BCUT2D eigenvalue weighted by atomic mass is 35.5. The maximum absolute atomic E-state index is 12.9. The molecule has 1 saturated heterocycles. The number of esters is 2. The van der Waals surface area contributed by atoms with Gasteiger partial charge in [0.25, 0.3) is 5.91 Å². The Morgan fingerprint density at radius 3 is 2.20 bits per heavy atom. The average molecular weight is 632 g/mol. The van der Waals surface area contributed by atoms with Crippen LogP contribution in [0.1, 0.15) is 41.9 Å². The molecule has 0 radical (unpaired) electrons. The first-order valence-electron chi connectivity index (χ1n) is 12.0. The number of halogens is 2. The van der Waals surface area contributed by atoms with Crippen LogP contribution in [0.2, 0.25) is 10.0 Å². The molecule has 4 rings (SSSR count). The van der Waals surface area contributed by atoms with Gasteiger partial charge in [0.2, 0.25) is 0 Å². The molecule has 4 heterocycles. The monoisotopic (exact) mass is 630 g/mol. The zero-order valence-corrected chi connectivity index (χ0v) is 25.7. The summed E-state index contributed by atoms with van der Waals surface area (Å²) in [4.78, 5) is 54.6. The summed E-state index contributed by atoms with van der Waals surface area (Å²) in [5.41, 5.74) is 1.26. The van der Waals surface area contributed by atoms with Crippen LogP contribution in [0.5, 0.6) is 0 Å². The fourth-order valence-electron chi connectivity index (χ4n) is 4.19. The number of aromatic amines is 1. The molecule has 0 bridgehead atoms. The number of ether oxygens (including phenoxy) is 3. The van der Waals surface area contributed by atoms with Crippen LogP contribution >= 0.6 is 45.9 Å². The molecule has 0 unspecified atom stereocenters. The van der Waals surface area contributed by atoms with Crippen LogP contribution in [0.3, 0.4) is 0 Å². The predicted molar refractivity (Wildman–Crippen MR) is 155 cm³/mol. The van der Waals surface area contributed by atoms with E-state index in [0.29, 0.717) is 40.5 Å². The lowest BCUT2D eigenvalue weighted by molar-refractivity contribution is 0.0540. The lowest BCUT2D eigenvalue weighted by atomic mass is 10.0. The zero-order valence-electron chi connectivity index (χ0n) is 22.6. The molecule has 2 atom stereocenters. The summed E-state index contributed by atoms with van der Waals surface area (Å²) in [6.45, 7) is 2.60. The van der Waals surface area contributed by atoms with Crippen LogP contribution in [0.15, 0.2) is 0 Å². The Morgan fingerprint density at radius 2 is 1.65 bits per heavy atom. The summed E-state index contributed by atoms with van der Waals surface area (Å²) in [6.07, 6.45) is 0.120. The molecule has 12 nitrogen and oxygen atoms in total. The number of hydrogen-bond acceptors (Lipinski definition) is 12. The maximum Gasteiger partial charge on any atom is 0.350 e. The standard InChI is InChI=1S/C24H28Cl2N6O6S2/c1-10-13(25)14(26)15(27-10)20(33)28-11-7-8-32(9-12(11)36-4)24-30-17(19(40-24)22(35)38-6)16-18(21(34)37-5)39-23(29-16)31(2)3/h11-12,27H,7-9H2,1-6H3,(H,28,33)/t11-,12+/m1/s1. The van der Waals surface area contributed by atoms with Gasteiger partial charge in [0, 0.05) is 40.0 Å². The summed E-state index contributed by atoms with van der Waals surface area (Å²) in [5.74, 6) is -1.57. The van der Waals surface area contributed by atoms with E-state index in [1.807, 2.05) is 4.90 Å². The van der Waals surface area contributed by atoms with Crippen molar-refractivity contribution in [2.45, 2.75) is 25.5 Å². The van der Waals surface area contributed by atoms with Crippen LogP contribution < -0.4 is 15.1 Å². The van der Waals surface area contributed by atoms with Gasteiger partial charge < -0.3 is 34.3 Å². The Morgan fingerprint density at radius 1 is 1.02 bits per heavy atom. The minimum absolute atomic E-state index is 0.166. The number of aryl methyl sites for hydroxylation is 1. The number of nitrogens with one attached hydrogen (secondary N) is 2. The van der Waals surface area contributed by atoms with Gasteiger partial charge in [-0.2, -0.15) is 0 Å². The van der Waals surface area contributed by atoms with Crippen LogP contribution in [0.25, 0.3) is 11.4 Å². The van der Waals surface area contributed by atoms with E-state index in [0.717, 1.165) is 22.7 Å². The van der Waals surface area contributed by atoms with Crippen molar-refractivity contribution in [3.8, 4) is 11.4 Å². The minimum Gasteiger partial charge on any atom is -0.465 e. The van der Waals surface area contributed by atoms with E-state index in [-0.39, 0.29) is 43.8 Å².